The molecule has 1 aliphatic rings. The van der Waals surface area contributed by atoms with Crippen molar-refractivity contribution in [1.82, 2.24) is 8.96 Å². The molecule has 0 N–H and O–H groups in total. The summed E-state index contributed by atoms with van der Waals surface area (Å²) >= 11 is 0. The van der Waals surface area contributed by atoms with E-state index in [1.54, 1.807) is 48.7 Å². The Morgan fingerprint density at radius 3 is 2.49 bits per heavy atom. The van der Waals surface area contributed by atoms with Gasteiger partial charge in [-0.1, -0.05) is 43.2 Å². The first-order valence-corrected chi connectivity index (χ1v) is 13.6. The molecule has 8 heteroatoms. The molecule has 37 heavy (non-hydrogen) atoms. The third kappa shape index (κ3) is 4.69. The molecule has 0 spiro atoms. The number of halogens is 1. The molecule has 4 aromatic rings. The van der Waals surface area contributed by atoms with Gasteiger partial charge in [0.1, 0.15) is 5.82 Å². The predicted octanol–water partition coefficient (Wildman–Crippen LogP) is 6.13. The van der Waals surface area contributed by atoms with Crippen LogP contribution in [0.2, 0.25) is 0 Å². The van der Waals surface area contributed by atoms with Crippen LogP contribution in [0.25, 0.3) is 16.6 Å². The fourth-order valence-corrected chi connectivity index (χ4v) is 6.46. The number of methoxy groups -OCH3 is 1. The summed E-state index contributed by atoms with van der Waals surface area (Å²) in [7, 11) is -2.85. The van der Waals surface area contributed by atoms with E-state index in [1.807, 2.05) is 19.1 Å². The van der Waals surface area contributed by atoms with Gasteiger partial charge in [0.25, 0.3) is 10.0 Å². The number of ether oxygens (including phenoxy) is 1. The fourth-order valence-electron chi connectivity index (χ4n) is 4.96. The van der Waals surface area contributed by atoms with Crippen molar-refractivity contribution in [2.45, 2.75) is 37.5 Å². The van der Waals surface area contributed by atoms with Crippen molar-refractivity contribution in [2.75, 3.05) is 7.11 Å². The quantitative estimate of drug-likeness (QED) is 0.287. The highest BCUT2D eigenvalue weighted by atomic mass is 32.2. The average Bonchev–Trinajstić information content (AvgIpc) is 3.55. The number of pyridine rings is 1. The Hall–Kier alpha value is -3.78. The van der Waals surface area contributed by atoms with Crippen molar-refractivity contribution in [3.05, 3.63) is 101 Å². The van der Waals surface area contributed by atoms with Crippen LogP contribution in [0, 0.1) is 18.7 Å². The topological polar surface area (TPSA) is 78.3 Å². The zero-order chi connectivity index (χ0) is 26.2. The highest BCUT2D eigenvalue weighted by molar-refractivity contribution is 7.90. The summed E-state index contributed by atoms with van der Waals surface area (Å²) < 4.78 is 49.0. The highest BCUT2D eigenvalue weighted by Crippen LogP contribution is 2.36. The van der Waals surface area contributed by atoms with Crippen LogP contribution in [0.1, 0.15) is 52.9 Å². The largest absolute Gasteiger partial charge is 0.465 e. The van der Waals surface area contributed by atoms with Gasteiger partial charge in [-0.25, -0.2) is 26.6 Å². The molecule has 1 fully saturated rings. The Kier molecular flexibility index (Phi) is 6.69. The van der Waals surface area contributed by atoms with Crippen molar-refractivity contribution < 1.29 is 22.3 Å². The van der Waals surface area contributed by atoms with Crippen LogP contribution in [0.15, 0.2) is 77.8 Å². The van der Waals surface area contributed by atoms with E-state index in [9.17, 15) is 13.2 Å². The second kappa shape index (κ2) is 9.94. The molecular formula is C29H27FN2O4S. The molecule has 5 rings (SSSR count). The molecule has 1 aliphatic carbocycles. The molecule has 0 atom stereocenters. The second-order valence-electron chi connectivity index (χ2n) is 9.35. The van der Waals surface area contributed by atoms with E-state index in [0.29, 0.717) is 27.9 Å². The summed E-state index contributed by atoms with van der Waals surface area (Å²) in [5.74, 6) is -1.28. The molecule has 0 aliphatic heterocycles. The van der Waals surface area contributed by atoms with E-state index in [-0.39, 0.29) is 16.4 Å². The number of benzene rings is 2. The maximum absolute atomic E-state index is 15.1. The number of hydrogen-bond acceptors (Lipinski definition) is 5. The van der Waals surface area contributed by atoms with E-state index in [4.69, 9.17) is 0 Å². The van der Waals surface area contributed by atoms with Gasteiger partial charge in [0.05, 0.1) is 23.3 Å². The number of aryl methyl sites for hydroxylation is 1. The van der Waals surface area contributed by atoms with Crippen LogP contribution >= 0.6 is 0 Å². The molecule has 1 saturated carbocycles. The molecule has 0 saturated heterocycles. The minimum atomic E-state index is -4.04. The number of allylic oxidation sites excluding steroid dienone is 1. The number of carbonyl (C=O) groups is 1. The Balaban J connectivity index is 1.79. The molecule has 0 bridgehead atoms. The third-order valence-electron chi connectivity index (χ3n) is 6.78. The molecule has 0 amide bonds. The van der Waals surface area contributed by atoms with Crippen molar-refractivity contribution in [2.24, 2.45) is 5.92 Å². The summed E-state index contributed by atoms with van der Waals surface area (Å²) in [6.45, 7) is 1.89. The van der Waals surface area contributed by atoms with E-state index in [2.05, 4.69) is 9.72 Å². The first kappa shape index (κ1) is 24.9. The number of carbonyl (C=O) groups excluding carboxylic acids is 1. The van der Waals surface area contributed by atoms with Crippen LogP contribution < -0.4 is 0 Å². The van der Waals surface area contributed by atoms with Gasteiger partial charge in [-0.2, -0.15) is 0 Å². The third-order valence-corrected chi connectivity index (χ3v) is 8.50. The lowest BCUT2D eigenvalue weighted by Crippen LogP contribution is -2.16. The fraction of sp³-hybridized carbons (Fsp3) is 0.241. The Morgan fingerprint density at radius 2 is 1.81 bits per heavy atom. The van der Waals surface area contributed by atoms with E-state index in [1.165, 1.54) is 23.2 Å². The molecule has 2 aromatic heterocycles. The van der Waals surface area contributed by atoms with E-state index in [0.717, 1.165) is 31.2 Å². The van der Waals surface area contributed by atoms with Gasteiger partial charge in [-0.15, -0.1) is 0 Å². The molecule has 190 valence electrons. The Morgan fingerprint density at radius 1 is 1.08 bits per heavy atom. The Bertz CT molecular complexity index is 1620. The molecule has 2 heterocycles. The van der Waals surface area contributed by atoms with Gasteiger partial charge in [-0.05, 0) is 73.2 Å². The van der Waals surface area contributed by atoms with Gasteiger partial charge in [0, 0.05) is 17.2 Å². The summed E-state index contributed by atoms with van der Waals surface area (Å²) in [6, 6.07) is 16.1. The van der Waals surface area contributed by atoms with Crippen LogP contribution in [0.5, 0.6) is 0 Å². The highest BCUT2D eigenvalue weighted by Gasteiger charge is 2.28. The van der Waals surface area contributed by atoms with Crippen LogP contribution in [0.3, 0.4) is 0 Å². The second-order valence-corrected chi connectivity index (χ2v) is 11.1. The first-order valence-electron chi connectivity index (χ1n) is 12.2. The van der Waals surface area contributed by atoms with Crippen LogP contribution in [-0.2, 0) is 14.8 Å². The number of aromatic nitrogens is 2. The lowest BCUT2D eigenvalue weighted by atomic mass is 9.95. The summed E-state index contributed by atoms with van der Waals surface area (Å²) in [5.41, 5.74) is 2.46. The van der Waals surface area contributed by atoms with Gasteiger partial charge < -0.3 is 4.74 Å². The maximum Gasteiger partial charge on any atom is 0.340 e. The smallest absolute Gasteiger partial charge is 0.340 e. The zero-order valence-corrected chi connectivity index (χ0v) is 21.5. The maximum atomic E-state index is 15.1. The predicted molar refractivity (Wildman–Crippen MR) is 140 cm³/mol. The lowest BCUT2D eigenvalue weighted by molar-refractivity contribution is 0.0595. The summed E-state index contributed by atoms with van der Waals surface area (Å²) in [6.07, 6.45) is 7.77. The summed E-state index contributed by atoms with van der Waals surface area (Å²) in [5, 5.41) is 0.665. The van der Waals surface area contributed by atoms with Crippen molar-refractivity contribution >= 4 is 32.6 Å². The van der Waals surface area contributed by atoms with E-state index < -0.39 is 21.8 Å². The van der Waals surface area contributed by atoms with Crippen LogP contribution in [-0.4, -0.2) is 30.5 Å². The summed E-state index contributed by atoms with van der Waals surface area (Å²) in [4.78, 5) is 16.6. The van der Waals surface area contributed by atoms with E-state index >= 15 is 4.39 Å². The molecule has 0 unspecified atom stereocenters. The lowest BCUT2D eigenvalue weighted by Gasteiger charge is -2.16. The van der Waals surface area contributed by atoms with Gasteiger partial charge in [-0.3, -0.25) is 0 Å². The minimum Gasteiger partial charge on any atom is -0.465 e. The van der Waals surface area contributed by atoms with Crippen molar-refractivity contribution in [1.29, 1.82) is 0 Å². The number of rotatable bonds is 6. The molecule has 2 aromatic carbocycles. The SMILES string of the molecule is COC(=O)c1ccc(/C(=C\C2CCCC2)c2cc3cc(C)cnc3n2S(=O)(=O)c2ccccc2)cc1F. The normalized spacial score (nSPS) is 14.8. The number of hydrogen-bond donors (Lipinski definition) is 0. The monoisotopic (exact) mass is 518 g/mol. The number of fused-ring (bicyclic) bond motifs is 1. The number of esters is 1. The zero-order valence-electron chi connectivity index (χ0n) is 20.6. The molecular weight excluding hydrogens is 491 g/mol. The van der Waals surface area contributed by atoms with Crippen molar-refractivity contribution in [3.8, 4) is 0 Å². The minimum absolute atomic E-state index is 0.128. The number of nitrogens with zero attached hydrogens (tertiary/aromatic N) is 2. The average molecular weight is 519 g/mol. The molecule has 0 radical (unpaired) electrons. The van der Waals surface area contributed by atoms with Gasteiger partial charge in [0.15, 0.2) is 5.65 Å². The van der Waals surface area contributed by atoms with Crippen LogP contribution in [0.4, 0.5) is 4.39 Å². The van der Waals surface area contributed by atoms with Gasteiger partial charge in [0.2, 0.25) is 0 Å². The van der Waals surface area contributed by atoms with Crippen molar-refractivity contribution in [3.63, 3.8) is 0 Å². The molecule has 6 nitrogen and oxygen atoms in total. The standard InChI is InChI=1S/C29H27FN2O4S/c1-19-14-22-17-27(32(28(22)31-18-19)37(34,35)23-10-4-3-5-11-23)25(15-20-8-6-7-9-20)21-12-13-24(26(30)16-21)29(33)36-2/h3-5,10-18,20H,6-9H2,1-2H3/b25-15+. The first-order chi connectivity index (χ1) is 17.8. The van der Waals surface area contributed by atoms with Gasteiger partial charge >= 0.3 is 5.97 Å². The Labute approximate surface area is 215 Å².